The zero-order valence-electron chi connectivity index (χ0n) is 23.6. The fourth-order valence-electron chi connectivity index (χ4n) is 8.34. The van der Waals surface area contributed by atoms with Gasteiger partial charge in [-0.15, -0.1) is 0 Å². The van der Waals surface area contributed by atoms with Crippen LogP contribution in [0.2, 0.25) is 0 Å². The third-order valence-electron chi connectivity index (χ3n) is 9.91. The molecule has 1 aromatic heterocycles. The Morgan fingerprint density at radius 2 is 1.00 bits per heavy atom. The highest BCUT2D eigenvalue weighted by atomic mass is 15.0. The molecule has 4 aliphatic rings. The van der Waals surface area contributed by atoms with Crippen LogP contribution in [0.3, 0.4) is 0 Å². The second-order valence-electron chi connectivity index (χ2n) is 12.7. The van der Waals surface area contributed by atoms with Crippen molar-refractivity contribution >= 4 is 5.69 Å². The average Bonchev–Trinajstić information content (AvgIpc) is 3.04. The molecule has 42 heavy (non-hydrogen) atoms. The van der Waals surface area contributed by atoms with E-state index in [0.717, 1.165) is 34.4 Å². The first-order chi connectivity index (χ1) is 20.6. The highest BCUT2D eigenvalue weighted by Gasteiger charge is 2.51. The number of hydrogen-bond donors (Lipinski definition) is 0. The third kappa shape index (κ3) is 4.50. The van der Waals surface area contributed by atoms with Gasteiger partial charge in [0.2, 0.25) is 0 Å². The van der Waals surface area contributed by atoms with E-state index in [1.54, 1.807) is 17.7 Å². The van der Waals surface area contributed by atoms with Crippen molar-refractivity contribution in [1.82, 2.24) is 15.0 Å². The molecular formula is C38H32N4. The maximum Gasteiger partial charge on any atom is 0.187 e. The van der Waals surface area contributed by atoms with Gasteiger partial charge in [0, 0.05) is 16.7 Å². The largest absolute Gasteiger partial charge is 0.238 e. The molecule has 0 amide bonds. The van der Waals surface area contributed by atoms with Crippen LogP contribution in [0.25, 0.3) is 50.1 Å². The van der Waals surface area contributed by atoms with Crippen LogP contribution in [0.5, 0.6) is 0 Å². The summed E-state index contributed by atoms with van der Waals surface area (Å²) in [5, 5.41) is 0. The average molecular weight is 545 g/mol. The second kappa shape index (κ2) is 10.0. The minimum Gasteiger partial charge on any atom is -0.238 e. The lowest BCUT2D eigenvalue weighted by Gasteiger charge is -2.57. The standard InChI is InChI=1S/C38H32N4/c1-39-34-16-14-31(15-17-34)37-41-35(29-6-3-2-4-7-29)40-36(42-37)30-12-10-28(11-13-30)32-8-5-9-33(21-32)38-22-25-18-26(23-38)20-27(19-25)24-38/h2-17,21,25-27H,18-20,22-24H2. The molecule has 204 valence electrons. The van der Waals surface area contributed by atoms with E-state index in [2.05, 4.69) is 53.4 Å². The molecule has 4 aliphatic carbocycles. The van der Waals surface area contributed by atoms with E-state index in [1.165, 1.54) is 49.7 Å². The van der Waals surface area contributed by atoms with E-state index in [0.29, 0.717) is 28.6 Å². The fourth-order valence-corrected chi connectivity index (χ4v) is 8.34. The summed E-state index contributed by atoms with van der Waals surface area (Å²) in [4.78, 5) is 18.1. The summed E-state index contributed by atoms with van der Waals surface area (Å²) in [5.41, 5.74) is 7.82. The lowest BCUT2D eigenvalue weighted by atomic mass is 9.48. The van der Waals surface area contributed by atoms with E-state index < -0.39 is 0 Å². The molecule has 0 N–H and O–H groups in total. The number of benzene rings is 4. The van der Waals surface area contributed by atoms with Gasteiger partial charge < -0.3 is 0 Å². The first-order valence-electron chi connectivity index (χ1n) is 15.1. The summed E-state index contributed by atoms with van der Waals surface area (Å²) in [6, 6.07) is 35.5. The van der Waals surface area contributed by atoms with Crippen molar-refractivity contribution in [1.29, 1.82) is 0 Å². The van der Waals surface area contributed by atoms with Crippen LogP contribution >= 0.6 is 0 Å². The molecule has 1 heterocycles. The smallest absolute Gasteiger partial charge is 0.187 e. The van der Waals surface area contributed by atoms with E-state index in [1.807, 2.05) is 42.5 Å². The quantitative estimate of drug-likeness (QED) is 0.207. The van der Waals surface area contributed by atoms with Gasteiger partial charge in [-0.1, -0.05) is 103 Å². The Bertz CT molecular complexity index is 1760. The molecule has 4 bridgehead atoms. The van der Waals surface area contributed by atoms with Gasteiger partial charge in [-0.2, -0.15) is 0 Å². The highest BCUT2D eigenvalue weighted by Crippen LogP contribution is 2.60. The van der Waals surface area contributed by atoms with E-state index in [9.17, 15) is 0 Å². The van der Waals surface area contributed by atoms with Crippen LogP contribution in [-0.4, -0.2) is 15.0 Å². The van der Waals surface area contributed by atoms with Crippen LogP contribution < -0.4 is 0 Å². The molecule has 0 saturated heterocycles. The monoisotopic (exact) mass is 544 g/mol. The minimum atomic E-state index is 0.396. The van der Waals surface area contributed by atoms with E-state index >= 15 is 0 Å². The third-order valence-corrected chi connectivity index (χ3v) is 9.91. The minimum absolute atomic E-state index is 0.396. The molecule has 4 saturated carbocycles. The van der Waals surface area contributed by atoms with Crippen molar-refractivity contribution in [3.8, 4) is 45.3 Å². The second-order valence-corrected chi connectivity index (χ2v) is 12.7. The maximum absolute atomic E-state index is 7.28. The van der Waals surface area contributed by atoms with Crippen LogP contribution in [0.15, 0.2) is 103 Å². The molecule has 4 aromatic carbocycles. The molecule has 0 atom stereocenters. The van der Waals surface area contributed by atoms with Gasteiger partial charge in [-0.05, 0) is 78.4 Å². The van der Waals surface area contributed by atoms with Crippen molar-refractivity contribution in [3.05, 3.63) is 120 Å². The lowest BCUT2D eigenvalue weighted by Crippen LogP contribution is -2.48. The molecular weight excluding hydrogens is 512 g/mol. The summed E-state index contributed by atoms with van der Waals surface area (Å²) in [5.74, 6) is 4.70. The maximum atomic E-state index is 7.28. The number of rotatable bonds is 5. The van der Waals surface area contributed by atoms with Gasteiger partial charge >= 0.3 is 0 Å². The van der Waals surface area contributed by atoms with Crippen molar-refractivity contribution in [2.75, 3.05) is 0 Å². The summed E-state index contributed by atoms with van der Waals surface area (Å²) in [6.45, 7) is 7.28. The van der Waals surface area contributed by atoms with Gasteiger partial charge in [0.15, 0.2) is 23.2 Å². The summed E-state index contributed by atoms with van der Waals surface area (Å²) in [7, 11) is 0. The molecule has 0 unspecified atom stereocenters. The fraction of sp³-hybridized carbons (Fsp3) is 0.263. The van der Waals surface area contributed by atoms with Gasteiger partial charge in [-0.3, -0.25) is 0 Å². The first-order valence-corrected chi connectivity index (χ1v) is 15.1. The van der Waals surface area contributed by atoms with Crippen LogP contribution in [0.4, 0.5) is 5.69 Å². The van der Waals surface area contributed by atoms with Crippen molar-refractivity contribution in [3.63, 3.8) is 0 Å². The van der Waals surface area contributed by atoms with Crippen molar-refractivity contribution in [2.24, 2.45) is 17.8 Å². The van der Waals surface area contributed by atoms with E-state index in [-0.39, 0.29) is 0 Å². The lowest BCUT2D eigenvalue weighted by molar-refractivity contribution is -0.00516. The molecule has 0 radical (unpaired) electrons. The topological polar surface area (TPSA) is 43.0 Å². The molecule has 4 heteroatoms. The van der Waals surface area contributed by atoms with Crippen molar-refractivity contribution < 1.29 is 0 Å². The Morgan fingerprint density at radius 3 is 1.55 bits per heavy atom. The number of nitrogens with zero attached hydrogens (tertiary/aromatic N) is 4. The summed E-state index contributed by atoms with van der Waals surface area (Å²) >= 11 is 0. The Labute approximate surface area is 247 Å². The summed E-state index contributed by atoms with van der Waals surface area (Å²) in [6.07, 6.45) is 8.56. The Kier molecular flexibility index (Phi) is 6.00. The molecule has 4 fully saturated rings. The van der Waals surface area contributed by atoms with Crippen LogP contribution in [-0.2, 0) is 5.41 Å². The normalized spacial score (nSPS) is 23.9. The molecule has 0 spiro atoms. The van der Waals surface area contributed by atoms with E-state index in [4.69, 9.17) is 21.5 Å². The zero-order chi connectivity index (χ0) is 28.1. The van der Waals surface area contributed by atoms with Gasteiger partial charge in [0.05, 0.1) is 6.57 Å². The van der Waals surface area contributed by atoms with Gasteiger partial charge in [-0.25, -0.2) is 19.8 Å². The first kappa shape index (κ1) is 25.1. The van der Waals surface area contributed by atoms with Gasteiger partial charge in [0.1, 0.15) is 0 Å². The highest BCUT2D eigenvalue weighted by molar-refractivity contribution is 5.71. The predicted octanol–water partition coefficient (Wildman–Crippen LogP) is 9.56. The van der Waals surface area contributed by atoms with Gasteiger partial charge in [0.25, 0.3) is 0 Å². The molecule has 9 rings (SSSR count). The predicted molar refractivity (Wildman–Crippen MR) is 168 cm³/mol. The SMILES string of the molecule is [C-]#[N+]c1ccc(-c2nc(-c3ccccc3)nc(-c3ccc(-c4cccc(C56CC7CC(CC(C7)C5)C6)c4)cc3)n2)cc1. The van der Waals surface area contributed by atoms with Crippen LogP contribution in [0, 0.1) is 24.3 Å². The Morgan fingerprint density at radius 1 is 0.524 bits per heavy atom. The van der Waals surface area contributed by atoms with Crippen molar-refractivity contribution in [2.45, 2.75) is 43.9 Å². The molecule has 4 nitrogen and oxygen atoms in total. The molecule has 0 aliphatic heterocycles. The number of hydrogen-bond acceptors (Lipinski definition) is 3. The summed E-state index contributed by atoms with van der Waals surface area (Å²) < 4.78 is 0. The molecule has 5 aromatic rings. The Balaban J connectivity index is 1.14. The number of aromatic nitrogens is 3. The zero-order valence-corrected chi connectivity index (χ0v) is 23.6. The van der Waals surface area contributed by atoms with Crippen LogP contribution in [0.1, 0.15) is 44.1 Å². The Hall–Kier alpha value is -4.62.